The smallest absolute Gasteiger partial charge is 0.333 e. The van der Waals surface area contributed by atoms with Gasteiger partial charge in [-0.25, -0.2) is 9.59 Å². The van der Waals surface area contributed by atoms with Crippen molar-refractivity contribution in [3.8, 4) is 0 Å². The maximum atomic E-state index is 12.5. The Hall–Kier alpha value is -1.96. The molecule has 0 bridgehead atoms. The van der Waals surface area contributed by atoms with Crippen molar-refractivity contribution < 1.29 is 34.0 Å². The summed E-state index contributed by atoms with van der Waals surface area (Å²) < 4.78 is 18.1. The zero-order chi connectivity index (χ0) is 26.3. The minimum Gasteiger partial charge on any atom is -0.458 e. The number of cyclic esters (lactones) is 1. The molecule has 200 valence electrons. The average Bonchev–Trinajstić information content (AvgIpc) is 3.51. The summed E-state index contributed by atoms with van der Waals surface area (Å²) in [5.74, 6) is -0.581. The van der Waals surface area contributed by atoms with Gasteiger partial charge in [-0.05, 0) is 81.8 Å². The van der Waals surface area contributed by atoms with Crippen LogP contribution in [0.3, 0.4) is 0 Å². The third-order valence-electron chi connectivity index (χ3n) is 11.5. The highest BCUT2D eigenvalue weighted by molar-refractivity contribution is 5.89. The van der Waals surface area contributed by atoms with Crippen LogP contribution in [0.5, 0.6) is 0 Å². The molecule has 2 N–H and O–H groups in total. The lowest BCUT2D eigenvalue weighted by atomic mass is 9.56. The minimum atomic E-state index is -1.06. The summed E-state index contributed by atoms with van der Waals surface area (Å²) in [6.45, 7) is 10.0. The van der Waals surface area contributed by atoms with Crippen LogP contribution in [0, 0.1) is 35.0 Å². The molecule has 11 atom stereocenters. The quantitative estimate of drug-likeness (QED) is 0.292. The first-order valence-corrected chi connectivity index (χ1v) is 13.9. The monoisotopic (exact) mass is 510 g/mol. The fourth-order valence-corrected chi connectivity index (χ4v) is 10.0. The van der Waals surface area contributed by atoms with Gasteiger partial charge in [0.05, 0.1) is 11.7 Å². The van der Waals surface area contributed by atoms with Crippen LogP contribution in [0.25, 0.3) is 0 Å². The fraction of sp³-hybridized carbons (Fsp3) is 0.733. The molecule has 0 amide bonds. The molecule has 7 aliphatic rings. The Labute approximate surface area is 217 Å². The lowest BCUT2D eigenvalue weighted by molar-refractivity contribution is -0.156. The molecule has 7 rings (SSSR count). The van der Waals surface area contributed by atoms with E-state index in [1.807, 2.05) is 19.9 Å². The minimum absolute atomic E-state index is 0.0422. The van der Waals surface area contributed by atoms with Crippen molar-refractivity contribution >= 4 is 11.9 Å². The van der Waals surface area contributed by atoms with Crippen LogP contribution in [-0.2, 0) is 23.8 Å². The van der Waals surface area contributed by atoms with Crippen molar-refractivity contribution in [1.29, 1.82) is 0 Å². The van der Waals surface area contributed by atoms with E-state index in [-0.39, 0.29) is 53.0 Å². The fourth-order valence-electron chi connectivity index (χ4n) is 10.0. The van der Waals surface area contributed by atoms with E-state index in [2.05, 4.69) is 19.9 Å². The molecular formula is C30H38O7. The normalized spacial score (nSPS) is 53.1. The zero-order valence-corrected chi connectivity index (χ0v) is 22.3. The molecule has 7 nitrogen and oxygen atoms in total. The van der Waals surface area contributed by atoms with Crippen molar-refractivity contribution in [3.05, 3.63) is 34.9 Å². The number of carbonyl (C=O) groups excluding carboxylic acids is 2. The van der Waals surface area contributed by atoms with E-state index >= 15 is 0 Å². The first kappa shape index (κ1) is 24.1. The number of carbonyl (C=O) groups is 2. The summed E-state index contributed by atoms with van der Waals surface area (Å²) in [7, 11) is 0. The Morgan fingerprint density at radius 1 is 1.08 bits per heavy atom. The number of fused-ring (bicyclic) bond motifs is 6. The van der Waals surface area contributed by atoms with Gasteiger partial charge in [-0.1, -0.05) is 25.5 Å². The van der Waals surface area contributed by atoms with Crippen molar-refractivity contribution in [2.75, 3.05) is 0 Å². The van der Waals surface area contributed by atoms with Gasteiger partial charge < -0.3 is 24.4 Å². The van der Waals surface area contributed by atoms with Gasteiger partial charge in [-0.15, -0.1) is 0 Å². The first-order chi connectivity index (χ1) is 17.3. The van der Waals surface area contributed by atoms with Gasteiger partial charge >= 0.3 is 11.9 Å². The van der Waals surface area contributed by atoms with Crippen molar-refractivity contribution in [2.24, 2.45) is 35.0 Å². The van der Waals surface area contributed by atoms with Crippen LogP contribution in [0.4, 0.5) is 0 Å². The van der Waals surface area contributed by atoms with Gasteiger partial charge in [0.1, 0.15) is 23.4 Å². The van der Waals surface area contributed by atoms with Crippen molar-refractivity contribution in [3.63, 3.8) is 0 Å². The Morgan fingerprint density at radius 2 is 1.81 bits per heavy atom. The number of ether oxygens (including phenoxy) is 3. The molecule has 37 heavy (non-hydrogen) atoms. The molecular weight excluding hydrogens is 472 g/mol. The van der Waals surface area contributed by atoms with Gasteiger partial charge in [0, 0.05) is 29.4 Å². The maximum absolute atomic E-state index is 12.5. The van der Waals surface area contributed by atoms with Crippen LogP contribution < -0.4 is 0 Å². The van der Waals surface area contributed by atoms with E-state index in [4.69, 9.17) is 14.2 Å². The molecule has 0 aromatic carbocycles. The zero-order valence-electron chi connectivity index (χ0n) is 22.3. The predicted octanol–water partition coefficient (Wildman–Crippen LogP) is 3.39. The highest BCUT2D eigenvalue weighted by atomic mass is 16.6. The number of aliphatic hydroxyl groups is 2. The van der Waals surface area contributed by atoms with Crippen LogP contribution in [0.15, 0.2) is 34.9 Å². The second kappa shape index (κ2) is 7.16. The highest BCUT2D eigenvalue weighted by Crippen LogP contribution is 2.72. The molecule has 2 saturated carbocycles. The van der Waals surface area contributed by atoms with E-state index in [1.54, 1.807) is 6.92 Å². The molecule has 3 heterocycles. The molecule has 0 aromatic rings. The number of aliphatic hydroxyl groups excluding tert-OH is 1. The van der Waals surface area contributed by atoms with E-state index < -0.39 is 29.0 Å². The Balaban J connectivity index is 1.30. The van der Waals surface area contributed by atoms with Gasteiger partial charge in [0.2, 0.25) is 0 Å². The largest absolute Gasteiger partial charge is 0.458 e. The lowest BCUT2D eigenvalue weighted by Crippen LogP contribution is -2.49. The molecule has 4 aliphatic carbocycles. The van der Waals surface area contributed by atoms with Crippen LogP contribution in [-0.4, -0.2) is 57.3 Å². The summed E-state index contributed by atoms with van der Waals surface area (Å²) in [4.78, 5) is 24.6. The third kappa shape index (κ3) is 2.94. The number of hydrogen-bond donors (Lipinski definition) is 2. The summed E-state index contributed by atoms with van der Waals surface area (Å²) in [5.41, 5.74) is 0.151. The highest BCUT2D eigenvalue weighted by Gasteiger charge is 2.78. The van der Waals surface area contributed by atoms with E-state index in [0.29, 0.717) is 18.4 Å². The summed E-state index contributed by atoms with van der Waals surface area (Å²) in [6, 6.07) is 0. The van der Waals surface area contributed by atoms with Crippen LogP contribution >= 0.6 is 0 Å². The van der Waals surface area contributed by atoms with Crippen LogP contribution in [0.1, 0.15) is 66.7 Å². The molecule has 1 saturated heterocycles. The van der Waals surface area contributed by atoms with E-state index in [9.17, 15) is 19.8 Å². The number of epoxide rings is 1. The van der Waals surface area contributed by atoms with Gasteiger partial charge in [-0.2, -0.15) is 0 Å². The number of hydrogen-bond acceptors (Lipinski definition) is 7. The maximum Gasteiger partial charge on any atom is 0.333 e. The molecule has 1 spiro atoms. The Kier molecular flexibility index (Phi) is 4.66. The van der Waals surface area contributed by atoms with E-state index in [0.717, 1.165) is 24.8 Å². The number of rotatable bonds is 0. The van der Waals surface area contributed by atoms with Crippen molar-refractivity contribution in [2.45, 2.75) is 102 Å². The first-order valence-electron chi connectivity index (χ1n) is 13.9. The van der Waals surface area contributed by atoms with Crippen LogP contribution in [0.2, 0.25) is 0 Å². The molecule has 0 unspecified atom stereocenters. The molecule has 0 aromatic heterocycles. The molecule has 3 fully saturated rings. The second-order valence-electron chi connectivity index (χ2n) is 13.7. The Bertz CT molecular complexity index is 1200. The SMILES string of the molecule is CC1=C[C@@H]2CC3=C([C@H](O)C[C@]4(C)[C@H]3C[C@]3(O)[C@H]5O[C@]56C=CC(=O)OC(C)(C)[C@@H]6CC[C@@H]43)[C@H](C)[C@@H]2OC1=O. The third-order valence-corrected chi connectivity index (χ3v) is 11.5. The molecule has 3 aliphatic heterocycles. The molecule has 7 heteroatoms. The van der Waals surface area contributed by atoms with Gasteiger partial charge in [0.15, 0.2) is 0 Å². The average molecular weight is 511 g/mol. The van der Waals surface area contributed by atoms with Gasteiger partial charge in [0.25, 0.3) is 0 Å². The number of allylic oxidation sites excluding steroid dienone is 1. The standard InChI is InChI=1S/C30H38O7/c1-14-10-16-11-17-18-12-29(34)21(28(18,5)13-19(31)23(17)15(2)24(16)35-25(14)33)7-6-20-27(3,4)36-22(32)8-9-30(20)26(29)37-30/h8-10,15-16,18-21,24,26,31,34H,6-7,11-13H2,1-5H3/t15-,16+,18-,19+,20-,21-,24-,26+,28+,29+,30-/m0/s1. The second-order valence-corrected chi connectivity index (χ2v) is 13.7. The summed E-state index contributed by atoms with van der Waals surface area (Å²) in [5, 5.41) is 24.1. The summed E-state index contributed by atoms with van der Waals surface area (Å²) in [6.07, 6.45) is 7.55. The lowest BCUT2D eigenvalue weighted by Gasteiger charge is -2.51. The van der Waals surface area contributed by atoms with Crippen molar-refractivity contribution in [1.82, 2.24) is 0 Å². The topological polar surface area (TPSA) is 106 Å². The predicted molar refractivity (Wildman–Crippen MR) is 133 cm³/mol. The number of esters is 2. The summed E-state index contributed by atoms with van der Waals surface area (Å²) >= 11 is 0. The van der Waals surface area contributed by atoms with E-state index in [1.165, 1.54) is 11.6 Å². The Morgan fingerprint density at radius 3 is 2.57 bits per heavy atom. The molecule has 0 radical (unpaired) electrons. The van der Waals surface area contributed by atoms with Gasteiger partial charge in [-0.3, -0.25) is 0 Å².